The lowest BCUT2D eigenvalue weighted by molar-refractivity contribution is -0.384. The van der Waals surface area contributed by atoms with Gasteiger partial charge < -0.3 is 5.32 Å². The van der Waals surface area contributed by atoms with Gasteiger partial charge in [-0.2, -0.15) is 0 Å². The third kappa shape index (κ3) is 2.88. The Hall–Kier alpha value is -1.40. The van der Waals surface area contributed by atoms with E-state index < -0.39 is 0 Å². The summed E-state index contributed by atoms with van der Waals surface area (Å²) in [6.45, 7) is 2.45. The van der Waals surface area contributed by atoms with Crippen molar-refractivity contribution in [1.82, 2.24) is 0 Å². The molecule has 2 rings (SSSR count). The SMILES string of the molecule is Cc1cccc([N+](=O)[O-])c1NCc1cc(Br)cs1. The topological polar surface area (TPSA) is 55.2 Å². The molecule has 0 spiro atoms. The largest absolute Gasteiger partial charge is 0.374 e. The first-order valence-corrected chi connectivity index (χ1v) is 6.96. The maximum Gasteiger partial charge on any atom is 0.292 e. The van der Waals surface area contributed by atoms with E-state index in [1.807, 2.05) is 24.4 Å². The highest BCUT2D eigenvalue weighted by atomic mass is 79.9. The summed E-state index contributed by atoms with van der Waals surface area (Å²) in [6, 6.07) is 7.07. The van der Waals surface area contributed by atoms with Crippen LogP contribution in [-0.4, -0.2) is 4.92 Å². The highest BCUT2D eigenvalue weighted by molar-refractivity contribution is 9.10. The third-order valence-corrected chi connectivity index (χ3v) is 4.21. The van der Waals surface area contributed by atoms with Crippen LogP contribution >= 0.6 is 27.3 Å². The summed E-state index contributed by atoms with van der Waals surface area (Å²) >= 11 is 4.99. The number of halogens is 1. The van der Waals surface area contributed by atoms with Crippen molar-refractivity contribution < 1.29 is 4.92 Å². The van der Waals surface area contributed by atoms with E-state index in [4.69, 9.17) is 0 Å². The van der Waals surface area contributed by atoms with Gasteiger partial charge in [-0.05, 0) is 34.5 Å². The van der Waals surface area contributed by atoms with Crippen LogP contribution in [0.15, 0.2) is 34.1 Å². The molecule has 0 aliphatic carbocycles. The molecule has 0 bridgehead atoms. The number of thiophene rings is 1. The fourth-order valence-corrected chi connectivity index (χ4v) is 3.05. The van der Waals surface area contributed by atoms with Gasteiger partial charge in [0.2, 0.25) is 0 Å². The molecular weight excluding hydrogens is 316 g/mol. The average Bonchev–Trinajstić information content (AvgIpc) is 2.73. The minimum Gasteiger partial charge on any atom is -0.374 e. The van der Waals surface area contributed by atoms with Crippen LogP contribution in [0.2, 0.25) is 0 Å². The van der Waals surface area contributed by atoms with E-state index in [1.54, 1.807) is 17.4 Å². The van der Waals surface area contributed by atoms with E-state index in [1.165, 1.54) is 6.07 Å². The summed E-state index contributed by atoms with van der Waals surface area (Å²) in [4.78, 5) is 11.7. The van der Waals surface area contributed by atoms with Crippen LogP contribution in [0.5, 0.6) is 0 Å². The summed E-state index contributed by atoms with van der Waals surface area (Å²) in [7, 11) is 0. The van der Waals surface area contributed by atoms with E-state index in [9.17, 15) is 10.1 Å². The molecule has 0 aliphatic rings. The van der Waals surface area contributed by atoms with Crippen LogP contribution < -0.4 is 5.32 Å². The van der Waals surface area contributed by atoms with Gasteiger partial charge in [-0.1, -0.05) is 12.1 Å². The van der Waals surface area contributed by atoms with Crippen molar-refractivity contribution in [2.45, 2.75) is 13.5 Å². The summed E-state index contributed by atoms with van der Waals surface area (Å²) in [6.07, 6.45) is 0. The Morgan fingerprint density at radius 3 is 2.89 bits per heavy atom. The Morgan fingerprint density at radius 1 is 1.50 bits per heavy atom. The summed E-state index contributed by atoms with van der Waals surface area (Å²) in [5.41, 5.74) is 1.58. The number of anilines is 1. The number of aryl methyl sites for hydroxylation is 1. The molecule has 1 heterocycles. The maximum atomic E-state index is 11.0. The first-order chi connectivity index (χ1) is 8.58. The lowest BCUT2D eigenvalue weighted by atomic mass is 10.1. The van der Waals surface area contributed by atoms with Gasteiger partial charge in [-0.3, -0.25) is 10.1 Å². The Kier molecular flexibility index (Phi) is 3.98. The minimum absolute atomic E-state index is 0.116. The van der Waals surface area contributed by atoms with Crippen LogP contribution in [-0.2, 0) is 6.54 Å². The first-order valence-electron chi connectivity index (χ1n) is 5.28. The van der Waals surface area contributed by atoms with Crippen molar-refractivity contribution >= 4 is 38.6 Å². The van der Waals surface area contributed by atoms with Crippen LogP contribution in [0.1, 0.15) is 10.4 Å². The Bertz CT molecular complexity index is 583. The van der Waals surface area contributed by atoms with Crippen molar-refractivity contribution in [3.8, 4) is 0 Å². The Balaban J connectivity index is 2.20. The Morgan fingerprint density at radius 2 is 2.28 bits per heavy atom. The number of para-hydroxylation sites is 1. The number of hydrogen-bond donors (Lipinski definition) is 1. The molecule has 94 valence electrons. The zero-order valence-electron chi connectivity index (χ0n) is 9.64. The molecule has 0 amide bonds. The van der Waals surface area contributed by atoms with Gasteiger partial charge in [-0.15, -0.1) is 11.3 Å². The molecule has 2 aromatic rings. The molecule has 0 atom stereocenters. The van der Waals surface area contributed by atoms with Crippen molar-refractivity contribution in [2.24, 2.45) is 0 Å². The molecule has 6 heteroatoms. The van der Waals surface area contributed by atoms with E-state index in [2.05, 4.69) is 21.2 Å². The molecular formula is C12H11BrN2O2S. The quantitative estimate of drug-likeness (QED) is 0.671. The first kappa shape index (κ1) is 13.0. The second kappa shape index (κ2) is 5.49. The predicted molar refractivity (Wildman–Crippen MR) is 77.2 cm³/mol. The van der Waals surface area contributed by atoms with Crippen LogP contribution in [0, 0.1) is 17.0 Å². The second-order valence-electron chi connectivity index (χ2n) is 3.81. The van der Waals surface area contributed by atoms with Gasteiger partial charge in [0.1, 0.15) is 5.69 Å². The van der Waals surface area contributed by atoms with Gasteiger partial charge in [0.25, 0.3) is 5.69 Å². The van der Waals surface area contributed by atoms with Gasteiger partial charge in [0, 0.05) is 27.3 Å². The second-order valence-corrected chi connectivity index (χ2v) is 5.72. The molecule has 0 radical (unpaired) electrons. The fraction of sp³-hybridized carbons (Fsp3) is 0.167. The number of nitrogens with one attached hydrogen (secondary N) is 1. The molecule has 1 N–H and O–H groups in total. The van der Waals surface area contributed by atoms with Crippen molar-refractivity contribution in [1.29, 1.82) is 0 Å². The Labute approximate surface area is 117 Å². The number of nitro benzene ring substituents is 1. The van der Waals surface area contributed by atoms with Crippen molar-refractivity contribution in [3.63, 3.8) is 0 Å². The summed E-state index contributed by atoms with van der Waals surface area (Å²) < 4.78 is 1.03. The number of hydrogen-bond acceptors (Lipinski definition) is 4. The summed E-state index contributed by atoms with van der Waals surface area (Å²) in [5.74, 6) is 0. The van der Waals surface area contributed by atoms with Gasteiger partial charge in [-0.25, -0.2) is 0 Å². The van der Waals surface area contributed by atoms with Crippen LogP contribution in [0.4, 0.5) is 11.4 Å². The molecule has 1 aromatic heterocycles. The predicted octanol–water partition coefficient (Wildman–Crippen LogP) is 4.34. The molecule has 18 heavy (non-hydrogen) atoms. The number of rotatable bonds is 4. The van der Waals surface area contributed by atoms with Crippen molar-refractivity contribution in [2.75, 3.05) is 5.32 Å². The molecule has 0 saturated carbocycles. The zero-order chi connectivity index (χ0) is 13.1. The molecule has 0 saturated heterocycles. The van der Waals surface area contributed by atoms with Crippen LogP contribution in [0.25, 0.3) is 0 Å². The van der Waals surface area contributed by atoms with Gasteiger partial charge in [0.15, 0.2) is 0 Å². The lowest BCUT2D eigenvalue weighted by Crippen LogP contribution is -2.03. The number of benzene rings is 1. The average molecular weight is 327 g/mol. The zero-order valence-corrected chi connectivity index (χ0v) is 12.0. The molecule has 4 nitrogen and oxygen atoms in total. The standard InChI is InChI=1S/C12H11BrN2O2S/c1-8-3-2-4-11(15(16)17)12(8)14-6-10-5-9(13)7-18-10/h2-5,7,14H,6H2,1H3. The normalized spacial score (nSPS) is 10.3. The van der Waals surface area contributed by atoms with Crippen molar-refractivity contribution in [3.05, 3.63) is 54.7 Å². The van der Waals surface area contributed by atoms with E-state index in [0.717, 1.165) is 14.9 Å². The summed E-state index contributed by atoms with van der Waals surface area (Å²) in [5, 5.41) is 16.1. The molecule has 1 aromatic carbocycles. The monoisotopic (exact) mass is 326 g/mol. The highest BCUT2D eigenvalue weighted by Gasteiger charge is 2.15. The van der Waals surface area contributed by atoms with Crippen LogP contribution in [0.3, 0.4) is 0 Å². The highest BCUT2D eigenvalue weighted by Crippen LogP contribution is 2.29. The number of nitro groups is 1. The molecule has 0 unspecified atom stereocenters. The fourth-order valence-electron chi connectivity index (χ4n) is 1.66. The van der Waals surface area contributed by atoms with E-state index >= 15 is 0 Å². The smallest absolute Gasteiger partial charge is 0.292 e. The lowest BCUT2D eigenvalue weighted by Gasteiger charge is -2.08. The van der Waals surface area contributed by atoms with Gasteiger partial charge in [0.05, 0.1) is 4.92 Å². The third-order valence-electron chi connectivity index (χ3n) is 2.51. The molecule has 0 aliphatic heterocycles. The number of nitrogens with zero attached hydrogens (tertiary/aromatic N) is 1. The maximum absolute atomic E-state index is 11.0. The minimum atomic E-state index is -0.361. The van der Waals surface area contributed by atoms with E-state index in [0.29, 0.717) is 12.2 Å². The van der Waals surface area contributed by atoms with Gasteiger partial charge >= 0.3 is 0 Å². The van der Waals surface area contributed by atoms with E-state index in [-0.39, 0.29) is 10.6 Å². The molecule has 0 fully saturated rings.